The minimum Gasteiger partial charge on any atom is -0.308 e. The van der Waals surface area contributed by atoms with E-state index < -0.39 is 0 Å². The van der Waals surface area contributed by atoms with Crippen LogP contribution in [-0.4, -0.2) is 8.80 Å². The van der Waals surface area contributed by atoms with Crippen LogP contribution in [0.5, 0.6) is 0 Å². The molecule has 4 heterocycles. The summed E-state index contributed by atoms with van der Waals surface area (Å²) in [7, 11) is 0. The highest BCUT2D eigenvalue weighted by atomic mass is 14.9. The van der Waals surface area contributed by atoms with E-state index in [-0.39, 0.29) is 23.7 Å². The number of fused-ring (bicyclic) bond motifs is 13. The Bertz CT molecular complexity index is 4390. The highest BCUT2D eigenvalue weighted by molar-refractivity contribution is 6.39. The Morgan fingerprint density at radius 3 is 1.25 bits per heavy atom. The van der Waals surface area contributed by atoms with Gasteiger partial charge in [0.1, 0.15) is 0 Å². The second-order valence-corrected chi connectivity index (χ2v) is 18.7. The van der Waals surface area contributed by atoms with E-state index in [0.29, 0.717) is 0 Å². The molecule has 13 aromatic rings. The molecule has 4 heteroatoms. The molecule has 4 bridgehead atoms. The molecule has 0 amide bonds. The summed E-state index contributed by atoms with van der Waals surface area (Å²) in [5, 5.41) is 32.6. The van der Waals surface area contributed by atoms with E-state index in [1.54, 1.807) is 0 Å². The van der Waals surface area contributed by atoms with Crippen molar-refractivity contribution in [3.63, 3.8) is 0 Å². The van der Waals surface area contributed by atoms with Crippen molar-refractivity contribution < 1.29 is 0 Å². The molecule has 4 aromatic heterocycles. The van der Waals surface area contributed by atoms with Gasteiger partial charge in [-0.25, -0.2) is 0 Å². The van der Waals surface area contributed by atoms with Gasteiger partial charge in [-0.05, 0) is 91.0 Å². The molecule has 19 rings (SSSR count). The molecule has 4 nitrogen and oxygen atoms in total. The first-order valence-electron chi connectivity index (χ1n) is 22.4. The number of rotatable bonds is 0. The predicted octanol–water partition coefficient (Wildman–Crippen LogP) is 13.7. The van der Waals surface area contributed by atoms with Gasteiger partial charge in [0.2, 0.25) is 0 Å². The van der Waals surface area contributed by atoms with Gasteiger partial charge >= 0.3 is 0 Å². The van der Waals surface area contributed by atoms with Crippen LogP contribution in [0, 0.1) is 22.7 Å². The summed E-state index contributed by atoms with van der Waals surface area (Å²) in [5.41, 5.74) is 23.7. The normalized spacial score (nSPS) is 18.6. The minimum atomic E-state index is -0.0506. The molecule has 9 aromatic carbocycles. The molecule has 0 radical (unpaired) electrons. The van der Waals surface area contributed by atoms with Crippen LogP contribution in [-0.2, 0) is 0 Å². The van der Waals surface area contributed by atoms with Gasteiger partial charge in [-0.15, -0.1) is 0 Å². The number of para-hydroxylation sites is 2. The Morgan fingerprint density at radius 1 is 0.312 bits per heavy atom. The maximum atomic E-state index is 11.4. The Balaban J connectivity index is 1.16. The van der Waals surface area contributed by atoms with Crippen molar-refractivity contribution in [2.24, 2.45) is 0 Å². The fourth-order valence-corrected chi connectivity index (χ4v) is 14.4. The van der Waals surface area contributed by atoms with Gasteiger partial charge in [0.05, 0.1) is 56.4 Å². The zero-order valence-corrected chi connectivity index (χ0v) is 34.1. The molecule has 0 unspecified atom stereocenters. The average molecular weight is 807 g/mol. The smallest absolute Gasteiger partial charge is 0.0995 e. The largest absolute Gasteiger partial charge is 0.308 e. The van der Waals surface area contributed by atoms with Gasteiger partial charge in [0.15, 0.2) is 0 Å². The second-order valence-electron chi connectivity index (χ2n) is 18.7. The van der Waals surface area contributed by atoms with Crippen molar-refractivity contribution in [1.29, 1.82) is 10.5 Å². The van der Waals surface area contributed by atoms with Crippen molar-refractivity contribution in [1.82, 2.24) is 8.80 Å². The van der Waals surface area contributed by atoms with E-state index in [1.807, 2.05) is 0 Å². The van der Waals surface area contributed by atoms with E-state index >= 15 is 0 Å². The van der Waals surface area contributed by atoms with Crippen molar-refractivity contribution in [2.75, 3.05) is 0 Å². The first kappa shape index (κ1) is 32.3. The highest BCUT2D eigenvalue weighted by Crippen LogP contribution is 2.63. The third-order valence-corrected chi connectivity index (χ3v) is 16.4. The lowest BCUT2D eigenvalue weighted by atomic mass is 9.59. The first-order valence-corrected chi connectivity index (χ1v) is 22.4. The van der Waals surface area contributed by atoms with Crippen LogP contribution in [0.4, 0.5) is 0 Å². The molecular formula is C60H30N4. The maximum Gasteiger partial charge on any atom is 0.0995 e. The molecule has 0 saturated heterocycles. The lowest BCUT2D eigenvalue weighted by Gasteiger charge is -2.43. The van der Waals surface area contributed by atoms with Crippen LogP contribution < -0.4 is 0 Å². The Hall–Kier alpha value is -8.44. The molecule has 0 N–H and O–H groups in total. The average Bonchev–Trinajstić information content (AvgIpc) is 4.09. The summed E-state index contributed by atoms with van der Waals surface area (Å²) in [5.74, 6) is -0.167. The summed E-state index contributed by atoms with van der Waals surface area (Å²) in [6.07, 6.45) is 0. The molecule has 0 atom stereocenters. The first-order chi connectivity index (χ1) is 31.7. The fraction of sp³-hybridized carbons (Fsp3) is 0.0667. The minimum absolute atomic E-state index is 0.0314. The quantitative estimate of drug-likeness (QED) is 0.153. The molecule has 0 spiro atoms. The SMILES string of the molecule is N#Cc1cc2c(c3c1C1c4ccccc4C3c3ccccc31)c1cc3c(c4cccc5c6ccccc6n3c54)c3c4c5c(c(C#N)cc4n2c13)C1c2ccccc2C5c2ccccc21. The van der Waals surface area contributed by atoms with Crippen LogP contribution in [0.2, 0.25) is 0 Å². The van der Waals surface area contributed by atoms with Crippen LogP contribution >= 0.6 is 0 Å². The van der Waals surface area contributed by atoms with E-state index in [9.17, 15) is 10.5 Å². The second kappa shape index (κ2) is 10.6. The van der Waals surface area contributed by atoms with Crippen LogP contribution in [0.25, 0.3) is 76.2 Å². The summed E-state index contributed by atoms with van der Waals surface area (Å²) in [4.78, 5) is 0. The van der Waals surface area contributed by atoms with Crippen LogP contribution in [0.3, 0.4) is 0 Å². The predicted molar refractivity (Wildman–Crippen MR) is 255 cm³/mol. The summed E-state index contributed by atoms with van der Waals surface area (Å²) >= 11 is 0. The van der Waals surface area contributed by atoms with E-state index in [4.69, 9.17) is 0 Å². The Morgan fingerprint density at radius 2 is 0.719 bits per heavy atom. The zero-order valence-electron chi connectivity index (χ0n) is 34.1. The van der Waals surface area contributed by atoms with Crippen LogP contribution in [0.1, 0.15) is 102 Å². The van der Waals surface area contributed by atoms with Gasteiger partial charge in [0, 0.05) is 66.8 Å². The zero-order chi connectivity index (χ0) is 41.4. The molecule has 0 aliphatic heterocycles. The fourth-order valence-electron chi connectivity index (χ4n) is 14.4. The van der Waals surface area contributed by atoms with E-state index in [0.717, 1.165) is 33.3 Å². The van der Waals surface area contributed by atoms with Gasteiger partial charge in [-0.3, -0.25) is 0 Å². The van der Waals surface area contributed by atoms with Crippen molar-refractivity contribution in [2.45, 2.75) is 23.7 Å². The number of benzene rings is 9. The molecule has 290 valence electrons. The number of aromatic nitrogens is 2. The number of nitrogens with zero attached hydrogens (tertiary/aromatic N) is 4. The van der Waals surface area contributed by atoms with Crippen LogP contribution in [0.15, 0.2) is 158 Å². The summed E-state index contributed by atoms with van der Waals surface area (Å²) in [6, 6.07) is 63.9. The number of nitriles is 2. The van der Waals surface area contributed by atoms with Crippen molar-refractivity contribution >= 4 is 76.2 Å². The molecule has 0 fully saturated rings. The lowest BCUT2D eigenvalue weighted by molar-refractivity contribution is 0.758. The lowest BCUT2D eigenvalue weighted by Crippen LogP contribution is -2.28. The summed E-state index contributed by atoms with van der Waals surface area (Å²) in [6.45, 7) is 0. The Kier molecular flexibility index (Phi) is 5.35. The molecule has 64 heavy (non-hydrogen) atoms. The van der Waals surface area contributed by atoms with E-state index in [2.05, 4.69) is 179 Å². The topological polar surface area (TPSA) is 56.4 Å². The Labute approximate surface area is 365 Å². The van der Waals surface area contributed by atoms with Gasteiger partial charge in [-0.1, -0.05) is 133 Å². The third-order valence-electron chi connectivity index (χ3n) is 16.4. The highest BCUT2D eigenvalue weighted by Gasteiger charge is 2.47. The third kappa shape index (κ3) is 3.27. The van der Waals surface area contributed by atoms with Crippen molar-refractivity contribution in [3.8, 4) is 12.1 Å². The number of hydrogen-bond acceptors (Lipinski definition) is 2. The molecule has 6 aliphatic carbocycles. The standard InChI is InChI=1S/C60H30N4/c61-27-29-24-44-54(56-47(29)49-32-13-1-5-17-36(32)51(56)37-18-6-2-14-33(37)49)42-26-46-53(41-22-11-21-40-31-12-9-10-23-43(31)63(46)59(40)41)58-55-45(64(44)60(42)58)25-30(28-62)48-50-34-15-3-7-19-38(34)52(57(48)55)39-20-8-4-16-35(39)50/h1-26,49-52H. The number of hydrogen-bond donors (Lipinski definition) is 0. The molecule has 0 saturated carbocycles. The summed E-state index contributed by atoms with van der Waals surface area (Å²) < 4.78 is 5.01. The molecular weight excluding hydrogens is 777 g/mol. The van der Waals surface area contributed by atoms with Gasteiger partial charge in [0.25, 0.3) is 0 Å². The van der Waals surface area contributed by atoms with E-state index in [1.165, 1.54) is 121 Å². The van der Waals surface area contributed by atoms with Gasteiger partial charge in [-0.2, -0.15) is 10.5 Å². The van der Waals surface area contributed by atoms with Gasteiger partial charge < -0.3 is 8.80 Å². The van der Waals surface area contributed by atoms with Crippen molar-refractivity contribution in [3.05, 3.63) is 236 Å². The molecule has 6 aliphatic rings. The monoisotopic (exact) mass is 806 g/mol. The maximum absolute atomic E-state index is 11.4.